The van der Waals surface area contributed by atoms with Crippen LogP contribution in [0.1, 0.15) is 258 Å². The number of allylic oxidation sites excluding steroid dienone is 13. The van der Waals surface area contributed by atoms with E-state index in [1.807, 2.05) is 19.1 Å². The summed E-state index contributed by atoms with van der Waals surface area (Å²) in [4.78, 5) is 25.0. The van der Waals surface area contributed by atoms with Gasteiger partial charge in [-0.25, -0.2) is 0 Å². The lowest BCUT2D eigenvalue weighted by Crippen LogP contribution is -2.60. The Kier molecular flexibility index (Phi) is 51.1. The second kappa shape index (κ2) is 54.8. The van der Waals surface area contributed by atoms with Gasteiger partial charge in [0.1, 0.15) is 24.4 Å². The molecule has 0 saturated carbocycles. The van der Waals surface area contributed by atoms with Crippen molar-refractivity contribution in [3.8, 4) is 0 Å². The zero-order chi connectivity index (χ0) is 55.9. The third-order valence-corrected chi connectivity index (χ3v) is 14.3. The first-order valence-corrected chi connectivity index (χ1v) is 31.3. The van der Waals surface area contributed by atoms with Gasteiger partial charge in [0, 0.05) is 12.8 Å². The van der Waals surface area contributed by atoms with Crippen LogP contribution in [0.3, 0.4) is 0 Å². The van der Waals surface area contributed by atoms with Crippen molar-refractivity contribution in [2.24, 2.45) is 0 Å². The van der Waals surface area contributed by atoms with E-state index in [0.717, 1.165) is 96.3 Å². The molecular formula is C66H115NO10. The Morgan fingerprint density at radius 2 is 0.935 bits per heavy atom. The van der Waals surface area contributed by atoms with Gasteiger partial charge >= 0.3 is 5.97 Å². The monoisotopic (exact) mass is 1080 g/mol. The van der Waals surface area contributed by atoms with Crippen LogP contribution >= 0.6 is 0 Å². The molecule has 0 bridgehead atoms. The SMILES string of the molecule is C/C=C/CC/C=C/CC/C=C/C(O)C(COC1OC(CO)C(O)C(O)C1O)NC(=O)CCCCCCCCCCC/C=C\C/C=C\CCCCCCCCCCCOC(=O)CCCCCCC/C=C\C/C=C\CCCCC. The summed E-state index contributed by atoms with van der Waals surface area (Å²) in [7, 11) is 0. The molecule has 6 N–H and O–H groups in total. The lowest BCUT2D eigenvalue weighted by molar-refractivity contribution is -0.302. The van der Waals surface area contributed by atoms with Gasteiger partial charge in [-0.1, -0.05) is 214 Å². The number of aliphatic hydroxyl groups excluding tert-OH is 5. The fraction of sp³-hybridized carbons (Fsp3) is 0.758. The van der Waals surface area contributed by atoms with Gasteiger partial charge in [-0.15, -0.1) is 0 Å². The average Bonchev–Trinajstić information content (AvgIpc) is 3.43. The van der Waals surface area contributed by atoms with Crippen molar-refractivity contribution >= 4 is 11.9 Å². The van der Waals surface area contributed by atoms with E-state index in [4.69, 9.17) is 14.2 Å². The molecule has 444 valence electrons. The van der Waals surface area contributed by atoms with E-state index in [1.54, 1.807) is 6.08 Å². The van der Waals surface area contributed by atoms with Crippen molar-refractivity contribution in [3.05, 3.63) is 85.1 Å². The quantitative estimate of drug-likeness (QED) is 0.0195. The summed E-state index contributed by atoms with van der Waals surface area (Å²) in [5, 5.41) is 54.1. The molecule has 0 radical (unpaired) electrons. The number of amides is 1. The van der Waals surface area contributed by atoms with Crippen LogP contribution in [-0.4, -0.2) is 100 Å². The Morgan fingerprint density at radius 1 is 0.506 bits per heavy atom. The molecule has 1 saturated heterocycles. The summed E-state index contributed by atoms with van der Waals surface area (Å²) in [5.41, 5.74) is 0. The molecule has 1 aliphatic rings. The molecular weight excluding hydrogens is 967 g/mol. The van der Waals surface area contributed by atoms with Crippen LogP contribution in [-0.2, 0) is 23.8 Å². The molecule has 11 heteroatoms. The van der Waals surface area contributed by atoms with Crippen LogP contribution in [0, 0.1) is 0 Å². The fourth-order valence-corrected chi connectivity index (χ4v) is 9.30. The minimum Gasteiger partial charge on any atom is -0.466 e. The van der Waals surface area contributed by atoms with E-state index in [0.29, 0.717) is 25.9 Å². The van der Waals surface area contributed by atoms with Crippen molar-refractivity contribution in [2.75, 3.05) is 19.8 Å². The third-order valence-electron chi connectivity index (χ3n) is 14.3. The maximum Gasteiger partial charge on any atom is 0.305 e. The Labute approximate surface area is 470 Å². The number of carbonyl (C=O) groups is 2. The van der Waals surface area contributed by atoms with Crippen LogP contribution in [0.15, 0.2) is 85.1 Å². The van der Waals surface area contributed by atoms with Crippen molar-refractivity contribution in [1.82, 2.24) is 5.32 Å². The predicted molar refractivity (Wildman–Crippen MR) is 319 cm³/mol. The van der Waals surface area contributed by atoms with E-state index in [-0.39, 0.29) is 18.5 Å². The lowest BCUT2D eigenvalue weighted by atomic mass is 9.99. The van der Waals surface area contributed by atoms with Gasteiger partial charge < -0.3 is 45.1 Å². The van der Waals surface area contributed by atoms with Gasteiger partial charge in [-0.05, 0) is 116 Å². The number of rotatable bonds is 53. The van der Waals surface area contributed by atoms with Crippen LogP contribution in [0.4, 0.5) is 0 Å². The third kappa shape index (κ3) is 44.3. The average molecular weight is 1080 g/mol. The molecule has 0 spiro atoms. The summed E-state index contributed by atoms with van der Waals surface area (Å²) in [6.45, 7) is 4.04. The maximum absolute atomic E-state index is 13.0. The first kappa shape index (κ1) is 71.9. The van der Waals surface area contributed by atoms with E-state index in [2.05, 4.69) is 79.1 Å². The molecule has 1 rings (SSSR count). The predicted octanol–water partition coefficient (Wildman–Crippen LogP) is 14.9. The van der Waals surface area contributed by atoms with Gasteiger partial charge in [0.15, 0.2) is 6.29 Å². The fourth-order valence-electron chi connectivity index (χ4n) is 9.30. The summed E-state index contributed by atoms with van der Waals surface area (Å²) < 4.78 is 16.6. The van der Waals surface area contributed by atoms with E-state index in [9.17, 15) is 35.1 Å². The number of esters is 1. The molecule has 0 aliphatic carbocycles. The minimum atomic E-state index is -1.58. The zero-order valence-corrected chi connectivity index (χ0v) is 48.9. The number of ether oxygens (including phenoxy) is 3. The summed E-state index contributed by atoms with van der Waals surface area (Å²) >= 11 is 0. The van der Waals surface area contributed by atoms with Crippen molar-refractivity contribution in [2.45, 2.75) is 301 Å². The molecule has 1 fully saturated rings. The molecule has 0 aromatic carbocycles. The number of nitrogens with one attached hydrogen (secondary N) is 1. The highest BCUT2D eigenvalue weighted by Crippen LogP contribution is 2.23. The first-order chi connectivity index (χ1) is 37.7. The molecule has 11 nitrogen and oxygen atoms in total. The summed E-state index contributed by atoms with van der Waals surface area (Å²) in [6.07, 6.45) is 64.4. The summed E-state index contributed by atoms with van der Waals surface area (Å²) in [6, 6.07) is -0.840. The highest BCUT2D eigenvalue weighted by Gasteiger charge is 2.44. The number of hydrogen-bond donors (Lipinski definition) is 6. The van der Waals surface area contributed by atoms with Gasteiger partial charge in [0.05, 0.1) is 32.0 Å². The minimum absolute atomic E-state index is 0.0175. The van der Waals surface area contributed by atoms with E-state index < -0.39 is 49.5 Å². The smallest absolute Gasteiger partial charge is 0.305 e. The molecule has 1 heterocycles. The number of aliphatic hydroxyl groups is 5. The second-order valence-corrected chi connectivity index (χ2v) is 21.4. The van der Waals surface area contributed by atoms with Crippen LogP contribution < -0.4 is 5.32 Å². The van der Waals surface area contributed by atoms with Crippen LogP contribution in [0.5, 0.6) is 0 Å². The second-order valence-electron chi connectivity index (χ2n) is 21.4. The van der Waals surface area contributed by atoms with Gasteiger partial charge in [-0.3, -0.25) is 9.59 Å². The number of unbranched alkanes of at least 4 members (excludes halogenated alkanes) is 28. The van der Waals surface area contributed by atoms with Gasteiger partial charge in [-0.2, -0.15) is 0 Å². The zero-order valence-electron chi connectivity index (χ0n) is 48.9. The number of carbonyl (C=O) groups excluding carboxylic acids is 2. The molecule has 7 unspecified atom stereocenters. The Balaban J connectivity index is 2.00. The maximum atomic E-state index is 13.0. The molecule has 77 heavy (non-hydrogen) atoms. The topological polar surface area (TPSA) is 175 Å². The molecule has 1 amide bonds. The van der Waals surface area contributed by atoms with Crippen molar-refractivity contribution in [3.63, 3.8) is 0 Å². The Morgan fingerprint density at radius 3 is 1.43 bits per heavy atom. The van der Waals surface area contributed by atoms with Crippen molar-refractivity contribution in [1.29, 1.82) is 0 Å². The Bertz CT molecular complexity index is 1550. The number of hydrogen-bond acceptors (Lipinski definition) is 10. The van der Waals surface area contributed by atoms with E-state index in [1.165, 1.54) is 128 Å². The molecule has 7 atom stereocenters. The summed E-state index contributed by atoms with van der Waals surface area (Å²) in [5.74, 6) is -0.225. The van der Waals surface area contributed by atoms with Gasteiger partial charge in [0.2, 0.25) is 5.91 Å². The molecule has 0 aromatic heterocycles. The highest BCUT2D eigenvalue weighted by atomic mass is 16.7. The van der Waals surface area contributed by atoms with Crippen LogP contribution in [0.25, 0.3) is 0 Å². The normalized spacial score (nSPS) is 19.2. The van der Waals surface area contributed by atoms with Crippen molar-refractivity contribution < 1.29 is 49.3 Å². The molecule has 1 aliphatic heterocycles. The van der Waals surface area contributed by atoms with E-state index >= 15 is 0 Å². The van der Waals surface area contributed by atoms with Crippen LogP contribution in [0.2, 0.25) is 0 Å². The standard InChI is InChI=1S/C66H115NO10/c1-3-5-7-9-11-13-14-15-27-31-34-38-42-46-50-54-62(71)75-55-51-47-43-39-35-32-29-26-24-22-20-18-16-17-19-21-23-25-28-30-33-37-41-45-49-53-61(70)67-58(59(69)52-48-44-40-36-12-10-8-6-4-2)57-76-66-65(74)64(73)63(72)60(56-68)77-66/h4,6,11-13,15,17-20,27,36,48,52,58-60,63-66,68-69,72-74H,3,5,7-10,14,16,21-26,28-35,37-47,49-51,53-57H2,1-2H3,(H,67,70)/b6-4+,13-11-,19-17-,20-18-,27-15-,36-12+,52-48+. The highest BCUT2D eigenvalue weighted by molar-refractivity contribution is 5.76. The largest absolute Gasteiger partial charge is 0.466 e. The lowest BCUT2D eigenvalue weighted by Gasteiger charge is -2.40. The first-order valence-electron chi connectivity index (χ1n) is 31.3. The van der Waals surface area contributed by atoms with Gasteiger partial charge in [0.25, 0.3) is 0 Å². The Hall–Kier alpha value is -3.16. The molecule has 0 aromatic rings.